The average molecular weight is 346 g/mol. The highest BCUT2D eigenvalue weighted by atomic mass is 16.6. The Morgan fingerprint density at radius 2 is 2.12 bits per heavy atom. The highest BCUT2D eigenvalue weighted by Gasteiger charge is 2.44. The van der Waals surface area contributed by atoms with Gasteiger partial charge in [-0.25, -0.2) is 9.59 Å². The van der Waals surface area contributed by atoms with Gasteiger partial charge in [-0.15, -0.1) is 0 Å². The molecule has 0 amide bonds. The zero-order valence-corrected chi connectivity index (χ0v) is 15.2. The number of rotatable bonds is 2. The van der Waals surface area contributed by atoms with Crippen LogP contribution >= 0.6 is 0 Å². The van der Waals surface area contributed by atoms with Crippen LogP contribution in [-0.4, -0.2) is 35.4 Å². The standard InChI is InChI=1S/C20H26O5/c1-6-12(3)19(22)24-16-9-11(2)7-8-15(21)13(4)10-17-18(16)14(5)20(23)25-17/h6-7,10,15-18,21H,5,8-9H2,1-4H3/b11-7-,12-6+,13-10-. The molecule has 1 aliphatic heterocycles. The fourth-order valence-corrected chi connectivity index (χ4v) is 3.04. The molecule has 2 aliphatic rings. The van der Waals surface area contributed by atoms with E-state index in [4.69, 9.17) is 9.47 Å². The van der Waals surface area contributed by atoms with Gasteiger partial charge in [0.25, 0.3) is 0 Å². The van der Waals surface area contributed by atoms with Crippen molar-refractivity contribution >= 4 is 11.9 Å². The summed E-state index contributed by atoms with van der Waals surface area (Å²) >= 11 is 0. The molecule has 1 saturated heterocycles. The summed E-state index contributed by atoms with van der Waals surface area (Å²) in [5, 5.41) is 10.2. The summed E-state index contributed by atoms with van der Waals surface area (Å²) in [6.45, 7) is 11.0. The number of carbonyl (C=O) groups is 2. The number of fused-ring (bicyclic) bond motifs is 1. The number of allylic oxidation sites excluding steroid dienone is 1. The first-order valence-corrected chi connectivity index (χ1v) is 8.50. The lowest BCUT2D eigenvalue weighted by Gasteiger charge is -2.28. The lowest BCUT2D eigenvalue weighted by molar-refractivity contribution is -0.147. The molecule has 0 aromatic carbocycles. The predicted octanol–water partition coefficient (Wildman–Crippen LogP) is 3.01. The summed E-state index contributed by atoms with van der Waals surface area (Å²) in [5.74, 6) is -1.37. The van der Waals surface area contributed by atoms with Crippen LogP contribution in [0.3, 0.4) is 0 Å². The van der Waals surface area contributed by atoms with Gasteiger partial charge in [-0.05, 0) is 45.8 Å². The van der Waals surface area contributed by atoms with Gasteiger partial charge >= 0.3 is 11.9 Å². The number of aliphatic hydroxyl groups is 1. The maximum absolute atomic E-state index is 12.3. The lowest BCUT2D eigenvalue weighted by atomic mass is 9.85. The van der Waals surface area contributed by atoms with E-state index in [9.17, 15) is 14.7 Å². The van der Waals surface area contributed by atoms with E-state index < -0.39 is 36.2 Å². The van der Waals surface area contributed by atoms with Crippen molar-refractivity contribution in [3.8, 4) is 0 Å². The van der Waals surface area contributed by atoms with E-state index in [-0.39, 0.29) is 0 Å². The Labute approximate surface area is 148 Å². The van der Waals surface area contributed by atoms with Crippen LogP contribution in [0.1, 0.15) is 40.5 Å². The predicted molar refractivity (Wildman–Crippen MR) is 94.6 cm³/mol. The monoisotopic (exact) mass is 346 g/mol. The van der Waals surface area contributed by atoms with Crippen LogP contribution < -0.4 is 0 Å². The van der Waals surface area contributed by atoms with Gasteiger partial charge in [0.1, 0.15) is 12.2 Å². The Kier molecular flexibility index (Phi) is 6.01. The molecule has 1 aliphatic carbocycles. The van der Waals surface area contributed by atoms with E-state index in [1.165, 1.54) is 0 Å². The number of esters is 2. The number of hydrogen-bond donors (Lipinski definition) is 1. The van der Waals surface area contributed by atoms with Gasteiger partial charge in [0.2, 0.25) is 0 Å². The molecule has 1 heterocycles. The summed E-state index contributed by atoms with van der Waals surface area (Å²) in [6, 6.07) is 0. The van der Waals surface area contributed by atoms with E-state index in [0.717, 1.165) is 11.1 Å². The molecule has 0 radical (unpaired) electrons. The molecule has 0 bridgehead atoms. The van der Waals surface area contributed by atoms with Crippen LogP contribution in [0.4, 0.5) is 0 Å². The normalized spacial score (nSPS) is 35.0. The van der Waals surface area contributed by atoms with E-state index in [1.807, 2.05) is 13.0 Å². The molecule has 5 heteroatoms. The number of hydrogen-bond acceptors (Lipinski definition) is 5. The first kappa shape index (κ1) is 19.2. The topological polar surface area (TPSA) is 72.8 Å². The van der Waals surface area contributed by atoms with Crippen molar-refractivity contribution in [2.24, 2.45) is 5.92 Å². The molecule has 1 fully saturated rings. The van der Waals surface area contributed by atoms with Crippen molar-refractivity contribution in [1.29, 1.82) is 0 Å². The van der Waals surface area contributed by atoms with Crippen molar-refractivity contribution in [2.75, 3.05) is 0 Å². The molecular formula is C20H26O5. The van der Waals surface area contributed by atoms with Gasteiger partial charge in [-0.3, -0.25) is 0 Å². The van der Waals surface area contributed by atoms with Crippen LogP contribution in [-0.2, 0) is 19.1 Å². The maximum atomic E-state index is 12.3. The Balaban J connectivity index is 2.42. The molecule has 1 N–H and O–H groups in total. The second-order valence-electron chi connectivity index (χ2n) is 6.75. The van der Waals surface area contributed by atoms with Crippen LogP contribution in [0.15, 0.2) is 47.1 Å². The van der Waals surface area contributed by atoms with Gasteiger partial charge in [-0.2, -0.15) is 0 Å². The summed E-state index contributed by atoms with van der Waals surface area (Å²) in [5.41, 5.74) is 2.51. The molecular weight excluding hydrogens is 320 g/mol. The van der Waals surface area contributed by atoms with Gasteiger partial charge in [0, 0.05) is 17.6 Å². The summed E-state index contributed by atoms with van der Waals surface area (Å²) < 4.78 is 11.1. The van der Waals surface area contributed by atoms with Crippen molar-refractivity contribution in [3.63, 3.8) is 0 Å². The summed E-state index contributed by atoms with van der Waals surface area (Å²) in [4.78, 5) is 24.3. The molecule has 4 atom stereocenters. The Bertz CT molecular complexity index is 668. The van der Waals surface area contributed by atoms with Gasteiger partial charge in [-0.1, -0.05) is 24.3 Å². The van der Waals surface area contributed by atoms with Crippen molar-refractivity contribution < 1.29 is 24.2 Å². The average Bonchev–Trinajstić information content (AvgIpc) is 2.84. The molecule has 2 rings (SSSR count). The first-order valence-electron chi connectivity index (χ1n) is 8.50. The summed E-state index contributed by atoms with van der Waals surface area (Å²) in [6.07, 6.45) is 4.51. The van der Waals surface area contributed by atoms with Crippen LogP contribution in [0.2, 0.25) is 0 Å². The molecule has 0 aromatic heterocycles. The Morgan fingerprint density at radius 1 is 1.44 bits per heavy atom. The van der Waals surface area contributed by atoms with Crippen molar-refractivity contribution in [1.82, 2.24) is 0 Å². The van der Waals surface area contributed by atoms with Gasteiger partial charge < -0.3 is 14.6 Å². The Morgan fingerprint density at radius 3 is 2.76 bits per heavy atom. The fraction of sp³-hybridized carbons (Fsp3) is 0.500. The van der Waals surface area contributed by atoms with E-state index in [2.05, 4.69) is 6.58 Å². The second-order valence-corrected chi connectivity index (χ2v) is 6.75. The number of aliphatic hydroxyl groups excluding tert-OH is 1. The minimum atomic E-state index is -0.632. The van der Waals surface area contributed by atoms with Gasteiger partial charge in [0.05, 0.1) is 12.0 Å². The number of carbonyl (C=O) groups excluding carboxylic acids is 2. The van der Waals surface area contributed by atoms with Crippen LogP contribution in [0, 0.1) is 5.92 Å². The van der Waals surface area contributed by atoms with Crippen LogP contribution in [0.5, 0.6) is 0 Å². The third-order valence-corrected chi connectivity index (χ3v) is 4.84. The minimum absolute atomic E-state index is 0.299. The quantitative estimate of drug-likeness (QED) is 0.473. The zero-order chi connectivity index (χ0) is 18.7. The molecule has 136 valence electrons. The highest BCUT2D eigenvalue weighted by Crippen LogP contribution is 2.36. The van der Waals surface area contributed by atoms with Gasteiger partial charge in [0.15, 0.2) is 0 Å². The SMILES string of the molecule is C=C1C(=O)OC2/C=C(/C)C(O)C/C=C(/C)CC(OC(=O)/C(C)=C/C)C12. The van der Waals surface area contributed by atoms with Crippen molar-refractivity contribution in [2.45, 2.75) is 58.8 Å². The molecule has 0 aromatic rings. The maximum Gasteiger partial charge on any atom is 0.334 e. The third-order valence-electron chi connectivity index (χ3n) is 4.84. The van der Waals surface area contributed by atoms with E-state index in [1.54, 1.807) is 32.9 Å². The number of ether oxygens (including phenoxy) is 2. The van der Waals surface area contributed by atoms with Crippen molar-refractivity contribution in [3.05, 3.63) is 47.1 Å². The molecule has 25 heavy (non-hydrogen) atoms. The van der Waals surface area contributed by atoms with E-state index >= 15 is 0 Å². The lowest BCUT2D eigenvalue weighted by Crippen LogP contribution is -2.34. The molecule has 4 unspecified atom stereocenters. The minimum Gasteiger partial charge on any atom is -0.458 e. The van der Waals surface area contributed by atoms with E-state index in [0.29, 0.717) is 24.0 Å². The Hall–Kier alpha value is -2.14. The zero-order valence-electron chi connectivity index (χ0n) is 15.2. The molecule has 0 spiro atoms. The van der Waals surface area contributed by atoms with Crippen LogP contribution in [0.25, 0.3) is 0 Å². The first-order chi connectivity index (χ1) is 11.7. The third kappa shape index (κ3) is 4.28. The smallest absolute Gasteiger partial charge is 0.334 e. The summed E-state index contributed by atoms with van der Waals surface area (Å²) in [7, 11) is 0. The fourth-order valence-electron chi connectivity index (χ4n) is 3.04. The highest BCUT2D eigenvalue weighted by molar-refractivity contribution is 5.92. The molecule has 0 saturated carbocycles. The largest absolute Gasteiger partial charge is 0.458 e. The second kappa shape index (κ2) is 7.83. The molecule has 5 nitrogen and oxygen atoms in total.